The lowest BCUT2D eigenvalue weighted by Crippen LogP contribution is -2.14. The normalized spacial score (nSPS) is 11.8. The molecule has 2 N–H and O–H groups in total. The average molecular weight is 343 g/mol. The number of thiazole rings is 1. The first-order valence-electron chi connectivity index (χ1n) is 5.97. The van der Waals surface area contributed by atoms with Gasteiger partial charge in [0, 0.05) is 21.2 Å². The van der Waals surface area contributed by atoms with Gasteiger partial charge in [-0.15, -0.1) is 11.3 Å². The molecule has 0 amide bonds. The summed E-state index contributed by atoms with van der Waals surface area (Å²) in [6.07, 6.45) is 0.711. The lowest BCUT2D eigenvalue weighted by atomic mass is 9.90. The minimum Gasteiger partial charge on any atom is -0.375 e. The monoisotopic (exact) mass is 342 g/mol. The van der Waals surface area contributed by atoms with Gasteiger partial charge in [0.25, 0.3) is 0 Å². The Bertz CT molecular complexity index is 602. The summed E-state index contributed by atoms with van der Waals surface area (Å²) in [5.74, 6) is -0.240. The number of nitrogens with zero attached hydrogens (tertiary/aromatic N) is 1. The van der Waals surface area contributed by atoms with Gasteiger partial charge in [-0.1, -0.05) is 42.8 Å². The predicted molar refractivity (Wildman–Crippen MR) is 82.1 cm³/mol. The van der Waals surface area contributed by atoms with E-state index >= 15 is 0 Å². The fourth-order valence-corrected chi connectivity index (χ4v) is 3.47. The van der Waals surface area contributed by atoms with Gasteiger partial charge in [-0.05, 0) is 17.7 Å². The quantitative estimate of drug-likeness (QED) is 0.871. The Balaban J connectivity index is 2.38. The number of aromatic nitrogens is 1. The molecule has 0 aliphatic heterocycles. The van der Waals surface area contributed by atoms with E-state index in [1.807, 2.05) is 0 Å². The third-order valence-corrected chi connectivity index (χ3v) is 4.41. The van der Waals surface area contributed by atoms with E-state index in [2.05, 4.69) is 41.7 Å². The van der Waals surface area contributed by atoms with Gasteiger partial charge in [0.05, 0.1) is 5.69 Å². The summed E-state index contributed by atoms with van der Waals surface area (Å²) in [5.41, 5.74) is 7.84. The van der Waals surface area contributed by atoms with Crippen molar-refractivity contribution >= 4 is 32.4 Å². The molecule has 2 rings (SSSR count). The van der Waals surface area contributed by atoms with Crippen LogP contribution in [0.15, 0.2) is 22.7 Å². The van der Waals surface area contributed by atoms with Crippen LogP contribution in [0.1, 0.15) is 36.9 Å². The summed E-state index contributed by atoms with van der Waals surface area (Å²) in [5, 5.41) is 0.582. The van der Waals surface area contributed by atoms with Crippen LogP contribution in [0.2, 0.25) is 0 Å². The number of nitrogens with two attached hydrogens (primary N) is 1. The van der Waals surface area contributed by atoms with Crippen molar-refractivity contribution in [3.05, 3.63) is 44.6 Å². The average Bonchev–Trinajstić information content (AvgIpc) is 2.63. The number of nitrogen functional groups attached to an aromatic ring is 1. The zero-order chi connectivity index (χ0) is 14.2. The highest BCUT2D eigenvalue weighted by atomic mass is 79.9. The van der Waals surface area contributed by atoms with E-state index in [1.54, 1.807) is 6.07 Å². The van der Waals surface area contributed by atoms with Gasteiger partial charge in [0.15, 0.2) is 5.13 Å². The topological polar surface area (TPSA) is 38.9 Å². The predicted octanol–water partition coefficient (Wildman–Crippen LogP) is 4.52. The molecule has 0 unspecified atom stereocenters. The highest BCUT2D eigenvalue weighted by Crippen LogP contribution is 2.33. The first kappa shape index (κ1) is 14.5. The Kier molecular flexibility index (Phi) is 3.97. The summed E-state index contributed by atoms with van der Waals surface area (Å²) in [4.78, 5) is 5.57. The lowest BCUT2D eigenvalue weighted by molar-refractivity contribution is 0.568. The number of benzene rings is 1. The van der Waals surface area contributed by atoms with Crippen molar-refractivity contribution in [2.24, 2.45) is 0 Å². The Morgan fingerprint density at radius 2 is 2.05 bits per heavy atom. The first-order chi connectivity index (χ1) is 8.77. The maximum absolute atomic E-state index is 13.1. The van der Waals surface area contributed by atoms with Crippen molar-refractivity contribution in [2.45, 2.75) is 32.6 Å². The molecule has 0 bridgehead atoms. The molecular formula is C14H16BrFN2S. The molecule has 0 radical (unpaired) electrons. The van der Waals surface area contributed by atoms with Gasteiger partial charge < -0.3 is 5.73 Å². The van der Waals surface area contributed by atoms with Gasteiger partial charge in [-0.25, -0.2) is 9.37 Å². The Labute approximate surface area is 125 Å². The van der Waals surface area contributed by atoms with Crippen molar-refractivity contribution in [1.82, 2.24) is 4.98 Å². The Hall–Kier alpha value is -0.940. The lowest BCUT2D eigenvalue weighted by Gasteiger charge is -2.17. The van der Waals surface area contributed by atoms with Gasteiger partial charge in [0.2, 0.25) is 0 Å². The number of anilines is 1. The number of halogens is 2. The molecule has 0 fully saturated rings. The van der Waals surface area contributed by atoms with E-state index in [0.29, 0.717) is 11.6 Å². The number of hydrogen-bond acceptors (Lipinski definition) is 3. The van der Waals surface area contributed by atoms with Crippen LogP contribution in [-0.4, -0.2) is 4.98 Å². The van der Waals surface area contributed by atoms with E-state index in [-0.39, 0.29) is 11.2 Å². The standard InChI is InChI=1S/C14H16BrFN2S/c1-14(2,3)12-11(19-13(17)18-12)6-8-4-5-9(16)7-10(8)15/h4-5,7H,6H2,1-3H3,(H2,17,18). The molecule has 102 valence electrons. The van der Waals surface area contributed by atoms with Crippen molar-refractivity contribution in [3.8, 4) is 0 Å². The molecule has 19 heavy (non-hydrogen) atoms. The third-order valence-electron chi connectivity index (χ3n) is 2.79. The molecule has 1 heterocycles. The number of rotatable bonds is 2. The van der Waals surface area contributed by atoms with Crippen molar-refractivity contribution in [2.75, 3.05) is 5.73 Å². The van der Waals surface area contributed by atoms with Crippen LogP contribution in [-0.2, 0) is 11.8 Å². The van der Waals surface area contributed by atoms with Crippen LogP contribution in [0, 0.1) is 5.82 Å². The molecule has 0 saturated carbocycles. The van der Waals surface area contributed by atoms with E-state index in [0.717, 1.165) is 20.6 Å². The zero-order valence-corrected chi connectivity index (χ0v) is 13.5. The highest BCUT2D eigenvalue weighted by Gasteiger charge is 2.23. The van der Waals surface area contributed by atoms with Crippen molar-refractivity contribution < 1.29 is 4.39 Å². The SMILES string of the molecule is CC(C)(C)c1nc(N)sc1Cc1ccc(F)cc1Br. The second kappa shape index (κ2) is 5.21. The Morgan fingerprint density at radius 1 is 1.37 bits per heavy atom. The molecule has 1 aromatic carbocycles. The second-order valence-corrected chi connectivity index (χ2v) is 7.46. The molecule has 5 heteroatoms. The van der Waals surface area contributed by atoms with Gasteiger partial charge in [-0.2, -0.15) is 0 Å². The van der Waals surface area contributed by atoms with Crippen LogP contribution < -0.4 is 5.73 Å². The molecule has 1 aromatic heterocycles. The molecule has 0 saturated heterocycles. The molecule has 0 spiro atoms. The van der Waals surface area contributed by atoms with Crippen LogP contribution in [0.25, 0.3) is 0 Å². The second-order valence-electron chi connectivity index (χ2n) is 5.49. The van der Waals surface area contributed by atoms with Gasteiger partial charge in [-0.3, -0.25) is 0 Å². The van der Waals surface area contributed by atoms with Crippen LogP contribution in [0.5, 0.6) is 0 Å². The zero-order valence-electron chi connectivity index (χ0n) is 11.1. The molecule has 0 aliphatic carbocycles. The third kappa shape index (κ3) is 3.34. The molecular weight excluding hydrogens is 327 g/mol. The smallest absolute Gasteiger partial charge is 0.180 e. The minimum atomic E-state index is -0.240. The summed E-state index contributed by atoms with van der Waals surface area (Å²) in [6, 6.07) is 4.75. The maximum Gasteiger partial charge on any atom is 0.180 e. The van der Waals surface area contributed by atoms with E-state index in [4.69, 9.17) is 5.73 Å². The van der Waals surface area contributed by atoms with Crippen molar-refractivity contribution in [3.63, 3.8) is 0 Å². The van der Waals surface area contributed by atoms with Gasteiger partial charge >= 0.3 is 0 Å². The molecule has 2 aromatic rings. The summed E-state index contributed by atoms with van der Waals surface area (Å²) in [6.45, 7) is 6.35. The van der Waals surface area contributed by atoms with Crippen molar-refractivity contribution in [1.29, 1.82) is 0 Å². The fraction of sp³-hybridized carbons (Fsp3) is 0.357. The maximum atomic E-state index is 13.1. The minimum absolute atomic E-state index is 0.0457. The van der Waals surface area contributed by atoms with Gasteiger partial charge in [0.1, 0.15) is 5.82 Å². The largest absolute Gasteiger partial charge is 0.375 e. The van der Waals surface area contributed by atoms with E-state index < -0.39 is 0 Å². The van der Waals surface area contributed by atoms with Crippen LogP contribution in [0.4, 0.5) is 9.52 Å². The first-order valence-corrected chi connectivity index (χ1v) is 7.58. The van der Waals surface area contributed by atoms with E-state index in [1.165, 1.54) is 23.5 Å². The fourth-order valence-electron chi connectivity index (χ4n) is 1.91. The Morgan fingerprint density at radius 3 is 2.63 bits per heavy atom. The van der Waals surface area contributed by atoms with Crippen LogP contribution in [0.3, 0.4) is 0 Å². The highest BCUT2D eigenvalue weighted by molar-refractivity contribution is 9.10. The number of hydrogen-bond donors (Lipinski definition) is 1. The molecule has 2 nitrogen and oxygen atoms in total. The molecule has 0 atom stereocenters. The van der Waals surface area contributed by atoms with Crippen LogP contribution >= 0.6 is 27.3 Å². The summed E-state index contributed by atoms with van der Waals surface area (Å²) >= 11 is 4.90. The summed E-state index contributed by atoms with van der Waals surface area (Å²) in [7, 11) is 0. The molecule has 0 aliphatic rings. The van der Waals surface area contributed by atoms with E-state index in [9.17, 15) is 4.39 Å². The summed E-state index contributed by atoms with van der Waals surface area (Å²) < 4.78 is 13.9.